The van der Waals surface area contributed by atoms with Crippen molar-refractivity contribution in [2.24, 2.45) is 0 Å². The van der Waals surface area contributed by atoms with Gasteiger partial charge in [-0.15, -0.1) is 0 Å². The van der Waals surface area contributed by atoms with Gasteiger partial charge in [0, 0.05) is 5.56 Å². The zero-order chi connectivity index (χ0) is 10.7. The maximum absolute atomic E-state index is 13.2. The van der Waals surface area contributed by atoms with Gasteiger partial charge < -0.3 is 4.74 Å². The van der Waals surface area contributed by atoms with Crippen LogP contribution < -0.4 is 4.74 Å². The van der Waals surface area contributed by atoms with Gasteiger partial charge >= 0.3 is 0 Å². The van der Waals surface area contributed by atoms with Gasteiger partial charge in [0.1, 0.15) is 0 Å². The Labute approximate surface area is 82.0 Å². The highest BCUT2D eigenvalue weighted by atomic mass is 19.2. The first kappa shape index (κ1) is 10.7. The summed E-state index contributed by atoms with van der Waals surface area (Å²) in [7, 11) is 1.32. The number of rotatable bonds is 2. The fourth-order valence-electron chi connectivity index (χ4n) is 1.20. The third kappa shape index (κ3) is 1.76. The Balaban J connectivity index is 3.38. The van der Waals surface area contributed by atoms with Crippen LogP contribution in [0.25, 0.3) is 5.57 Å². The predicted octanol–water partition coefficient (Wildman–Crippen LogP) is 3.40. The molecule has 1 aromatic carbocycles. The SMILES string of the molecule is CC=C(C)c1ccc(F)c(F)c1OC. The van der Waals surface area contributed by atoms with E-state index in [0.717, 1.165) is 11.6 Å². The maximum Gasteiger partial charge on any atom is 0.201 e. The number of ether oxygens (including phenoxy) is 1. The van der Waals surface area contributed by atoms with Crippen molar-refractivity contribution in [3.8, 4) is 5.75 Å². The molecule has 0 saturated carbocycles. The van der Waals surface area contributed by atoms with Crippen LogP contribution in [-0.4, -0.2) is 7.11 Å². The number of hydrogen-bond donors (Lipinski definition) is 0. The summed E-state index contributed by atoms with van der Waals surface area (Å²) >= 11 is 0. The second kappa shape index (κ2) is 4.22. The largest absolute Gasteiger partial charge is 0.493 e. The molecule has 0 atom stereocenters. The first-order valence-electron chi connectivity index (χ1n) is 4.27. The second-order valence-electron chi connectivity index (χ2n) is 2.91. The lowest BCUT2D eigenvalue weighted by Crippen LogP contribution is -1.96. The van der Waals surface area contributed by atoms with Gasteiger partial charge in [0.05, 0.1) is 7.11 Å². The van der Waals surface area contributed by atoms with Crippen LogP contribution in [0.5, 0.6) is 5.75 Å². The van der Waals surface area contributed by atoms with Crippen LogP contribution in [0, 0.1) is 11.6 Å². The minimum Gasteiger partial charge on any atom is -0.493 e. The molecule has 0 N–H and O–H groups in total. The summed E-state index contributed by atoms with van der Waals surface area (Å²) in [6, 6.07) is 2.60. The van der Waals surface area contributed by atoms with E-state index in [1.165, 1.54) is 13.2 Å². The third-order valence-electron chi connectivity index (χ3n) is 2.11. The van der Waals surface area contributed by atoms with Crippen LogP contribution in [0.1, 0.15) is 19.4 Å². The zero-order valence-electron chi connectivity index (χ0n) is 8.40. The van der Waals surface area contributed by atoms with Crippen LogP contribution in [0.2, 0.25) is 0 Å². The molecule has 0 fully saturated rings. The molecule has 3 heteroatoms. The average Bonchev–Trinajstić information content (AvgIpc) is 2.20. The highest BCUT2D eigenvalue weighted by Crippen LogP contribution is 2.29. The van der Waals surface area contributed by atoms with Crippen LogP contribution in [0.3, 0.4) is 0 Å². The Morgan fingerprint density at radius 1 is 1.36 bits per heavy atom. The fraction of sp³-hybridized carbons (Fsp3) is 0.273. The molecule has 0 spiro atoms. The van der Waals surface area contributed by atoms with E-state index in [-0.39, 0.29) is 5.75 Å². The van der Waals surface area contributed by atoms with E-state index in [1.807, 2.05) is 19.9 Å². The molecule has 0 unspecified atom stereocenters. The van der Waals surface area contributed by atoms with Gasteiger partial charge in [0.15, 0.2) is 11.6 Å². The number of methoxy groups -OCH3 is 1. The molecule has 0 amide bonds. The Hall–Kier alpha value is -1.38. The van der Waals surface area contributed by atoms with Gasteiger partial charge in [-0.2, -0.15) is 4.39 Å². The predicted molar refractivity (Wildman–Crippen MR) is 52.2 cm³/mol. The van der Waals surface area contributed by atoms with Crippen LogP contribution >= 0.6 is 0 Å². The highest BCUT2D eigenvalue weighted by molar-refractivity contribution is 5.69. The minimum atomic E-state index is -0.939. The summed E-state index contributed by atoms with van der Waals surface area (Å²) in [6.45, 7) is 3.64. The number of benzene rings is 1. The molecule has 76 valence electrons. The highest BCUT2D eigenvalue weighted by Gasteiger charge is 2.14. The summed E-state index contributed by atoms with van der Waals surface area (Å²) < 4.78 is 30.9. The molecule has 0 saturated heterocycles. The van der Waals surface area contributed by atoms with E-state index in [9.17, 15) is 8.78 Å². The lowest BCUT2D eigenvalue weighted by atomic mass is 10.1. The molecule has 0 aliphatic rings. The summed E-state index contributed by atoms with van der Waals surface area (Å²) in [5.41, 5.74) is 1.43. The van der Waals surface area contributed by atoms with E-state index in [2.05, 4.69) is 0 Å². The number of hydrogen-bond acceptors (Lipinski definition) is 1. The Morgan fingerprint density at radius 2 is 2.00 bits per heavy atom. The summed E-state index contributed by atoms with van der Waals surface area (Å²) in [5, 5.41) is 0. The third-order valence-corrected chi connectivity index (χ3v) is 2.11. The molecule has 1 aromatic rings. The first-order valence-corrected chi connectivity index (χ1v) is 4.27. The Morgan fingerprint density at radius 3 is 2.50 bits per heavy atom. The molecular weight excluding hydrogens is 186 g/mol. The average molecular weight is 198 g/mol. The van der Waals surface area contributed by atoms with Crippen molar-refractivity contribution in [1.82, 2.24) is 0 Å². The number of allylic oxidation sites excluding steroid dienone is 2. The van der Waals surface area contributed by atoms with Crippen molar-refractivity contribution in [2.45, 2.75) is 13.8 Å². The summed E-state index contributed by atoms with van der Waals surface area (Å²) in [5.74, 6) is -1.87. The van der Waals surface area contributed by atoms with Crippen molar-refractivity contribution < 1.29 is 13.5 Å². The van der Waals surface area contributed by atoms with Crippen molar-refractivity contribution in [3.05, 3.63) is 35.4 Å². The number of halogens is 2. The molecule has 0 aliphatic carbocycles. The van der Waals surface area contributed by atoms with Crippen molar-refractivity contribution in [3.63, 3.8) is 0 Å². The molecule has 0 bridgehead atoms. The Bertz CT molecular complexity index is 370. The lowest BCUT2D eigenvalue weighted by molar-refractivity contribution is 0.370. The topological polar surface area (TPSA) is 9.23 Å². The summed E-state index contributed by atoms with van der Waals surface area (Å²) in [4.78, 5) is 0. The van der Waals surface area contributed by atoms with E-state index >= 15 is 0 Å². The summed E-state index contributed by atoms with van der Waals surface area (Å²) in [6.07, 6.45) is 1.81. The minimum absolute atomic E-state index is 0.0411. The molecule has 1 rings (SSSR count). The monoisotopic (exact) mass is 198 g/mol. The van der Waals surface area contributed by atoms with E-state index in [0.29, 0.717) is 5.56 Å². The molecule has 0 aliphatic heterocycles. The van der Waals surface area contributed by atoms with Gasteiger partial charge in [-0.1, -0.05) is 6.08 Å². The Kier molecular flexibility index (Phi) is 3.23. The van der Waals surface area contributed by atoms with E-state index in [1.54, 1.807) is 0 Å². The van der Waals surface area contributed by atoms with Gasteiger partial charge in [-0.25, -0.2) is 4.39 Å². The molecule has 14 heavy (non-hydrogen) atoms. The first-order chi connectivity index (χ1) is 6.61. The quantitative estimate of drug-likeness (QED) is 0.707. The second-order valence-corrected chi connectivity index (χ2v) is 2.91. The normalized spacial score (nSPS) is 11.6. The van der Waals surface area contributed by atoms with Gasteiger partial charge in [0.2, 0.25) is 5.82 Å². The van der Waals surface area contributed by atoms with Crippen molar-refractivity contribution in [2.75, 3.05) is 7.11 Å². The standard InChI is InChI=1S/C11H12F2O/c1-4-7(2)8-5-6-9(12)10(13)11(8)14-3/h4-6H,1-3H3. The zero-order valence-corrected chi connectivity index (χ0v) is 8.40. The maximum atomic E-state index is 13.2. The van der Waals surface area contributed by atoms with Crippen LogP contribution in [0.15, 0.2) is 18.2 Å². The molecular formula is C11H12F2O. The van der Waals surface area contributed by atoms with Gasteiger partial charge in [0.25, 0.3) is 0 Å². The van der Waals surface area contributed by atoms with Gasteiger partial charge in [-0.05, 0) is 31.6 Å². The fourth-order valence-corrected chi connectivity index (χ4v) is 1.20. The van der Waals surface area contributed by atoms with E-state index < -0.39 is 11.6 Å². The lowest BCUT2D eigenvalue weighted by Gasteiger charge is -2.09. The van der Waals surface area contributed by atoms with Crippen molar-refractivity contribution in [1.29, 1.82) is 0 Å². The van der Waals surface area contributed by atoms with Crippen LogP contribution in [-0.2, 0) is 0 Å². The molecule has 0 heterocycles. The van der Waals surface area contributed by atoms with Gasteiger partial charge in [-0.3, -0.25) is 0 Å². The molecule has 1 nitrogen and oxygen atoms in total. The van der Waals surface area contributed by atoms with Crippen molar-refractivity contribution >= 4 is 5.57 Å². The van der Waals surface area contributed by atoms with E-state index in [4.69, 9.17) is 4.74 Å². The molecule has 0 aromatic heterocycles. The molecule has 0 radical (unpaired) electrons. The van der Waals surface area contributed by atoms with Crippen LogP contribution in [0.4, 0.5) is 8.78 Å². The smallest absolute Gasteiger partial charge is 0.201 e.